The highest BCUT2D eigenvalue weighted by atomic mass is 79.9. The molecule has 9 heteroatoms. The van der Waals surface area contributed by atoms with Crippen LogP contribution in [-0.4, -0.2) is 51.2 Å². The second-order valence-electron chi connectivity index (χ2n) is 5.74. The van der Waals surface area contributed by atoms with Crippen LogP contribution in [0.25, 0.3) is 0 Å². The molecule has 1 aromatic heterocycles. The number of benzene rings is 1. The average Bonchev–Trinajstić information content (AvgIpc) is 3.03. The summed E-state index contributed by atoms with van der Waals surface area (Å²) in [5, 5.41) is 16.6. The Balaban J connectivity index is 1.66. The van der Waals surface area contributed by atoms with Crippen LogP contribution in [0.1, 0.15) is 22.5 Å². The van der Waals surface area contributed by atoms with Gasteiger partial charge in [0.05, 0.1) is 18.3 Å². The van der Waals surface area contributed by atoms with Crippen LogP contribution in [0, 0.1) is 11.3 Å². The van der Waals surface area contributed by atoms with E-state index in [4.69, 9.17) is 10.00 Å². The van der Waals surface area contributed by atoms with E-state index in [2.05, 4.69) is 26.2 Å². The van der Waals surface area contributed by atoms with Crippen LogP contribution in [-0.2, 0) is 7.05 Å². The number of likely N-dealkylation sites (tertiary alicyclic amines) is 1. The van der Waals surface area contributed by atoms with Gasteiger partial charge in [0.1, 0.15) is 17.9 Å². The highest BCUT2D eigenvalue weighted by Gasteiger charge is 2.34. The number of hydrogen-bond donors (Lipinski definition) is 0. The Bertz CT molecular complexity index is 834. The molecule has 1 fully saturated rings. The Morgan fingerprint density at radius 1 is 1.52 bits per heavy atom. The molecule has 7 nitrogen and oxygen atoms in total. The van der Waals surface area contributed by atoms with Crippen molar-refractivity contribution in [3.63, 3.8) is 0 Å². The predicted octanol–water partition coefficient (Wildman–Crippen LogP) is 2.08. The zero-order valence-corrected chi connectivity index (χ0v) is 15.0. The minimum atomic E-state index is -1.36. The Morgan fingerprint density at radius 2 is 2.32 bits per heavy atom. The molecule has 1 saturated heterocycles. The van der Waals surface area contributed by atoms with Gasteiger partial charge in [-0.1, -0.05) is 21.1 Å². The summed E-state index contributed by atoms with van der Waals surface area (Å²) >= 11 is 3.28. The molecule has 1 aromatic carbocycles. The maximum atomic E-state index is 14.5. The fourth-order valence-corrected chi connectivity index (χ4v) is 3.02. The predicted molar refractivity (Wildman–Crippen MR) is 89.7 cm³/mol. The lowest BCUT2D eigenvalue weighted by Gasteiger charge is -2.34. The molecule has 2 atom stereocenters. The van der Waals surface area contributed by atoms with Gasteiger partial charge in [-0.15, -0.1) is 5.10 Å². The average molecular weight is 408 g/mol. The molecule has 0 radical (unpaired) electrons. The molecular weight excluding hydrogens is 393 g/mol. The van der Waals surface area contributed by atoms with Crippen LogP contribution in [0.5, 0.6) is 5.75 Å². The monoisotopic (exact) mass is 407 g/mol. The fourth-order valence-electron chi connectivity index (χ4n) is 2.66. The van der Waals surface area contributed by atoms with Gasteiger partial charge < -0.3 is 9.64 Å². The van der Waals surface area contributed by atoms with Crippen LogP contribution in [0.2, 0.25) is 0 Å². The van der Waals surface area contributed by atoms with E-state index in [-0.39, 0.29) is 18.1 Å². The molecule has 0 N–H and O–H groups in total. The van der Waals surface area contributed by atoms with Crippen molar-refractivity contribution in [3.8, 4) is 11.8 Å². The van der Waals surface area contributed by atoms with E-state index in [1.807, 2.05) is 6.07 Å². The number of carbonyl (C=O) groups is 1. The number of ether oxygens (including phenoxy) is 1. The number of carbonyl (C=O) groups excluding carboxylic acids is 1. The smallest absolute Gasteiger partial charge is 0.276 e. The molecule has 130 valence electrons. The van der Waals surface area contributed by atoms with Crippen molar-refractivity contribution < 1.29 is 13.9 Å². The van der Waals surface area contributed by atoms with E-state index in [0.717, 1.165) is 4.47 Å². The van der Waals surface area contributed by atoms with Crippen LogP contribution in [0.3, 0.4) is 0 Å². The van der Waals surface area contributed by atoms with Gasteiger partial charge in [0.25, 0.3) is 5.91 Å². The molecule has 3 rings (SSSR count). The van der Waals surface area contributed by atoms with E-state index < -0.39 is 12.3 Å². The lowest BCUT2D eigenvalue weighted by atomic mass is 10.1. The minimum absolute atomic E-state index is 0.0848. The summed E-state index contributed by atoms with van der Waals surface area (Å²) in [5.74, 6) is -0.0115. The number of aryl methyl sites for hydroxylation is 1. The maximum Gasteiger partial charge on any atom is 0.276 e. The van der Waals surface area contributed by atoms with Gasteiger partial charge in [0.2, 0.25) is 0 Å². The number of hydrogen-bond acceptors (Lipinski definition) is 5. The van der Waals surface area contributed by atoms with E-state index >= 15 is 0 Å². The molecular formula is C16H15BrFN5O2. The fraction of sp³-hybridized carbons (Fsp3) is 0.375. The van der Waals surface area contributed by atoms with Crippen molar-refractivity contribution in [2.75, 3.05) is 13.1 Å². The number of rotatable bonds is 3. The molecule has 2 aromatic rings. The summed E-state index contributed by atoms with van der Waals surface area (Å²) in [6, 6.07) is 7.02. The van der Waals surface area contributed by atoms with Crippen LogP contribution >= 0.6 is 15.9 Å². The van der Waals surface area contributed by atoms with E-state index in [0.29, 0.717) is 24.3 Å². The Hall–Kier alpha value is -2.47. The molecule has 0 spiro atoms. The summed E-state index contributed by atoms with van der Waals surface area (Å²) in [7, 11) is 1.66. The van der Waals surface area contributed by atoms with Gasteiger partial charge in [-0.25, -0.2) is 4.39 Å². The first-order chi connectivity index (χ1) is 12.0. The SMILES string of the molecule is Cn1cc(C(=O)N2CC[C@H](Oc3ccc(Br)cc3C#N)[C@H](F)C2)nn1. The number of nitriles is 1. The van der Waals surface area contributed by atoms with E-state index in [9.17, 15) is 9.18 Å². The first kappa shape index (κ1) is 17.4. The second kappa shape index (κ2) is 7.19. The van der Waals surface area contributed by atoms with E-state index in [1.165, 1.54) is 15.8 Å². The molecule has 0 bridgehead atoms. The number of amides is 1. The highest BCUT2D eigenvalue weighted by molar-refractivity contribution is 9.10. The number of nitrogens with zero attached hydrogens (tertiary/aromatic N) is 5. The first-order valence-corrected chi connectivity index (χ1v) is 8.43. The van der Waals surface area contributed by atoms with Crippen LogP contribution < -0.4 is 4.74 Å². The summed E-state index contributed by atoms with van der Waals surface area (Å²) in [4.78, 5) is 13.7. The third-order valence-electron chi connectivity index (χ3n) is 3.93. The van der Waals surface area contributed by atoms with Gasteiger partial charge >= 0.3 is 0 Å². The van der Waals surface area contributed by atoms with Crippen LogP contribution in [0.4, 0.5) is 4.39 Å². The second-order valence-corrected chi connectivity index (χ2v) is 6.66. The number of halogens is 2. The zero-order chi connectivity index (χ0) is 18.0. The third kappa shape index (κ3) is 3.79. The minimum Gasteiger partial charge on any atom is -0.486 e. The van der Waals surface area contributed by atoms with Gasteiger partial charge in [-0.05, 0) is 18.2 Å². The summed E-state index contributed by atoms with van der Waals surface area (Å²) in [6.07, 6.45) is -0.239. The largest absolute Gasteiger partial charge is 0.486 e. The number of aromatic nitrogens is 3. The van der Waals surface area contributed by atoms with Crippen molar-refractivity contribution in [1.29, 1.82) is 5.26 Å². The van der Waals surface area contributed by atoms with Gasteiger partial charge in [0.15, 0.2) is 11.9 Å². The van der Waals surface area contributed by atoms with Crippen molar-refractivity contribution in [3.05, 3.63) is 40.1 Å². The van der Waals surface area contributed by atoms with Crippen molar-refractivity contribution in [2.45, 2.75) is 18.7 Å². The summed E-state index contributed by atoms with van der Waals surface area (Å²) in [5.41, 5.74) is 0.522. The summed E-state index contributed by atoms with van der Waals surface area (Å²) < 4.78 is 22.4. The number of alkyl halides is 1. The Labute approximate surface area is 152 Å². The van der Waals surface area contributed by atoms with Gasteiger partial charge in [0, 0.05) is 24.5 Å². The van der Waals surface area contributed by atoms with E-state index in [1.54, 1.807) is 25.2 Å². The normalized spacial score (nSPS) is 20.2. The maximum absolute atomic E-state index is 14.5. The molecule has 0 unspecified atom stereocenters. The Morgan fingerprint density at radius 3 is 2.96 bits per heavy atom. The number of piperidine rings is 1. The molecule has 25 heavy (non-hydrogen) atoms. The molecule has 1 aliphatic rings. The van der Waals surface area contributed by atoms with Gasteiger partial charge in [-0.2, -0.15) is 5.26 Å². The topological polar surface area (TPSA) is 84.0 Å². The lowest BCUT2D eigenvalue weighted by Crippen LogP contribution is -2.49. The lowest BCUT2D eigenvalue weighted by molar-refractivity contribution is 0.0198. The van der Waals surface area contributed by atoms with Crippen LogP contribution in [0.15, 0.2) is 28.9 Å². The molecule has 1 aliphatic heterocycles. The molecule has 0 aliphatic carbocycles. The quantitative estimate of drug-likeness (QED) is 0.777. The summed E-state index contributed by atoms with van der Waals surface area (Å²) in [6.45, 7) is 0.261. The standard InChI is InChI=1S/C16H15BrFN5O2/c1-22-9-13(20-21-22)16(24)23-5-4-15(12(18)8-23)25-14-3-2-11(17)6-10(14)7-19/h2-3,6,9,12,15H,4-5,8H2,1H3/t12-,15+/m1/s1. The molecule has 1 amide bonds. The highest BCUT2D eigenvalue weighted by Crippen LogP contribution is 2.27. The van der Waals surface area contributed by atoms with Crippen molar-refractivity contribution >= 4 is 21.8 Å². The molecule has 0 saturated carbocycles. The van der Waals surface area contributed by atoms with Gasteiger partial charge in [-0.3, -0.25) is 9.48 Å². The first-order valence-electron chi connectivity index (χ1n) is 7.64. The Kier molecular flexibility index (Phi) is 4.99. The van der Waals surface area contributed by atoms with Crippen molar-refractivity contribution in [1.82, 2.24) is 19.9 Å². The zero-order valence-electron chi connectivity index (χ0n) is 13.4. The molecule has 2 heterocycles. The third-order valence-corrected chi connectivity index (χ3v) is 4.42. The van der Waals surface area contributed by atoms with Crippen molar-refractivity contribution in [2.24, 2.45) is 7.05 Å².